The molecule has 0 saturated carbocycles. The summed E-state index contributed by atoms with van der Waals surface area (Å²) in [5.74, 6) is 2.61. The highest BCUT2D eigenvalue weighted by molar-refractivity contribution is 4.83. The average Bonchev–Trinajstić information content (AvgIpc) is 2.63. The molecule has 70 valence electrons. The molecule has 0 unspecified atom stereocenters. The summed E-state index contributed by atoms with van der Waals surface area (Å²) in [6, 6.07) is 1.93. The third kappa shape index (κ3) is 4.34. The van der Waals surface area contributed by atoms with Crippen LogP contribution in [0, 0.1) is 12.3 Å². The van der Waals surface area contributed by atoms with Crippen molar-refractivity contribution in [2.24, 2.45) is 0 Å². The SMILES string of the molecule is C#CCCCNCCn1cccn1. The maximum atomic E-state index is 5.13. The summed E-state index contributed by atoms with van der Waals surface area (Å²) >= 11 is 0. The molecule has 0 spiro atoms. The minimum atomic E-state index is 0.856. The number of nitrogens with one attached hydrogen (secondary N) is 1. The summed E-state index contributed by atoms with van der Waals surface area (Å²) in [7, 11) is 0. The first-order chi connectivity index (χ1) is 6.43. The zero-order chi connectivity index (χ0) is 9.36. The molecule has 1 aromatic heterocycles. The van der Waals surface area contributed by atoms with Gasteiger partial charge in [-0.15, -0.1) is 12.3 Å². The number of hydrogen-bond acceptors (Lipinski definition) is 2. The number of aromatic nitrogens is 2. The normalized spacial score (nSPS) is 9.77. The third-order valence-corrected chi connectivity index (χ3v) is 1.75. The molecule has 0 radical (unpaired) electrons. The first kappa shape index (κ1) is 9.82. The Morgan fingerprint density at radius 2 is 2.38 bits per heavy atom. The van der Waals surface area contributed by atoms with Crippen LogP contribution in [0.3, 0.4) is 0 Å². The first-order valence-electron chi connectivity index (χ1n) is 4.55. The van der Waals surface area contributed by atoms with Crippen LogP contribution in [-0.4, -0.2) is 22.9 Å². The lowest BCUT2D eigenvalue weighted by Crippen LogP contribution is -2.21. The molecule has 0 aliphatic carbocycles. The molecular weight excluding hydrogens is 162 g/mol. The minimum absolute atomic E-state index is 0.856. The summed E-state index contributed by atoms with van der Waals surface area (Å²) in [4.78, 5) is 0. The standard InChI is InChI=1S/C10H15N3/c1-2-3-4-6-11-8-10-13-9-5-7-12-13/h1,5,7,9,11H,3-4,6,8,10H2. The van der Waals surface area contributed by atoms with Crippen molar-refractivity contribution >= 4 is 0 Å². The number of terminal acetylenes is 1. The zero-order valence-electron chi connectivity index (χ0n) is 7.74. The van der Waals surface area contributed by atoms with Crippen molar-refractivity contribution in [3.63, 3.8) is 0 Å². The van der Waals surface area contributed by atoms with E-state index in [0.717, 1.165) is 32.5 Å². The highest BCUT2D eigenvalue weighted by Gasteiger charge is 1.89. The molecule has 0 aromatic carbocycles. The van der Waals surface area contributed by atoms with E-state index in [1.54, 1.807) is 6.20 Å². The van der Waals surface area contributed by atoms with Gasteiger partial charge in [0.1, 0.15) is 0 Å². The van der Waals surface area contributed by atoms with Gasteiger partial charge in [0.2, 0.25) is 0 Å². The zero-order valence-corrected chi connectivity index (χ0v) is 7.74. The van der Waals surface area contributed by atoms with E-state index in [-0.39, 0.29) is 0 Å². The summed E-state index contributed by atoms with van der Waals surface area (Å²) in [6.07, 6.45) is 10.8. The maximum absolute atomic E-state index is 5.13. The van der Waals surface area contributed by atoms with E-state index in [4.69, 9.17) is 6.42 Å². The van der Waals surface area contributed by atoms with Gasteiger partial charge in [-0.2, -0.15) is 5.10 Å². The molecule has 1 rings (SSSR count). The Kier molecular flexibility index (Phi) is 4.73. The molecular formula is C10H15N3. The molecule has 0 fully saturated rings. The molecule has 0 saturated heterocycles. The minimum Gasteiger partial charge on any atom is -0.315 e. The highest BCUT2D eigenvalue weighted by atomic mass is 15.3. The molecule has 13 heavy (non-hydrogen) atoms. The predicted octanol–water partition coefficient (Wildman–Crippen LogP) is 0.886. The van der Waals surface area contributed by atoms with Crippen LogP contribution < -0.4 is 5.32 Å². The average molecular weight is 177 g/mol. The van der Waals surface area contributed by atoms with Crippen LogP contribution in [0.1, 0.15) is 12.8 Å². The van der Waals surface area contributed by atoms with Gasteiger partial charge in [0.25, 0.3) is 0 Å². The molecule has 1 N–H and O–H groups in total. The van der Waals surface area contributed by atoms with E-state index in [1.165, 1.54) is 0 Å². The number of unbranched alkanes of at least 4 members (excludes halogenated alkanes) is 1. The fourth-order valence-corrected chi connectivity index (χ4v) is 1.07. The maximum Gasteiger partial charge on any atom is 0.0533 e. The lowest BCUT2D eigenvalue weighted by atomic mass is 10.3. The quantitative estimate of drug-likeness (QED) is 0.516. The van der Waals surface area contributed by atoms with E-state index < -0.39 is 0 Å². The van der Waals surface area contributed by atoms with Gasteiger partial charge in [-0.25, -0.2) is 0 Å². The molecule has 0 aliphatic heterocycles. The van der Waals surface area contributed by atoms with Crippen molar-refractivity contribution in [1.82, 2.24) is 15.1 Å². The van der Waals surface area contributed by atoms with Gasteiger partial charge in [-0.05, 0) is 19.0 Å². The van der Waals surface area contributed by atoms with Crippen molar-refractivity contribution in [3.8, 4) is 12.3 Å². The molecule has 0 atom stereocenters. The molecule has 0 bridgehead atoms. The van der Waals surface area contributed by atoms with Crippen molar-refractivity contribution in [3.05, 3.63) is 18.5 Å². The van der Waals surface area contributed by atoms with Crippen LogP contribution in [0.25, 0.3) is 0 Å². The van der Waals surface area contributed by atoms with Crippen LogP contribution >= 0.6 is 0 Å². The van der Waals surface area contributed by atoms with Crippen LogP contribution in [-0.2, 0) is 6.54 Å². The molecule has 0 aliphatic rings. The van der Waals surface area contributed by atoms with E-state index in [0.29, 0.717) is 0 Å². The molecule has 1 aromatic rings. The van der Waals surface area contributed by atoms with Crippen molar-refractivity contribution in [2.75, 3.05) is 13.1 Å². The smallest absolute Gasteiger partial charge is 0.0533 e. The van der Waals surface area contributed by atoms with Crippen molar-refractivity contribution in [2.45, 2.75) is 19.4 Å². The van der Waals surface area contributed by atoms with Gasteiger partial charge in [0.15, 0.2) is 0 Å². The van der Waals surface area contributed by atoms with Crippen molar-refractivity contribution in [1.29, 1.82) is 0 Å². The Morgan fingerprint density at radius 1 is 1.46 bits per heavy atom. The third-order valence-electron chi connectivity index (χ3n) is 1.75. The Bertz CT molecular complexity index is 246. The van der Waals surface area contributed by atoms with Crippen LogP contribution in [0.4, 0.5) is 0 Å². The Morgan fingerprint density at radius 3 is 3.08 bits per heavy atom. The van der Waals surface area contributed by atoms with Gasteiger partial charge in [-0.3, -0.25) is 4.68 Å². The number of rotatable bonds is 6. The van der Waals surface area contributed by atoms with Gasteiger partial charge in [0, 0.05) is 25.4 Å². The lowest BCUT2D eigenvalue weighted by Gasteiger charge is -2.02. The Balaban J connectivity index is 1.94. The largest absolute Gasteiger partial charge is 0.315 e. The summed E-state index contributed by atoms with van der Waals surface area (Å²) in [6.45, 7) is 2.86. The first-order valence-corrected chi connectivity index (χ1v) is 4.55. The van der Waals surface area contributed by atoms with Gasteiger partial charge >= 0.3 is 0 Å². The predicted molar refractivity (Wildman–Crippen MR) is 53.2 cm³/mol. The number of nitrogens with zero attached hydrogens (tertiary/aromatic N) is 2. The van der Waals surface area contributed by atoms with Gasteiger partial charge in [0.05, 0.1) is 6.54 Å². The second-order valence-corrected chi connectivity index (χ2v) is 2.83. The monoisotopic (exact) mass is 177 g/mol. The summed E-state index contributed by atoms with van der Waals surface area (Å²) in [5, 5.41) is 7.40. The van der Waals surface area contributed by atoms with Crippen LogP contribution in [0.5, 0.6) is 0 Å². The van der Waals surface area contributed by atoms with E-state index >= 15 is 0 Å². The van der Waals surface area contributed by atoms with E-state index in [9.17, 15) is 0 Å². The van der Waals surface area contributed by atoms with Gasteiger partial charge in [-0.1, -0.05) is 0 Å². The molecule has 1 heterocycles. The Labute approximate surface area is 79.1 Å². The fraction of sp³-hybridized carbons (Fsp3) is 0.500. The molecule has 3 nitrogen and oxygen atoms in total. The van der Waals surface area contributed by atoms with Crippen LogP contribution in [0.2, 0.25) is 0 Å². The van der Waals surface area contributed by atoms with E-state index in [2.05, 4.69) is 16.3 Å². The van der Waals surface area contributed by atoms with Crippen molar-refractivity contribution < 1.29 is 0 Å². The lowest BCUT2D eigenvalue weighted by molar-refractivity contribution is 0.549. The van der Waals surface area contributed by atoms with Gasteiger partial charge < -0.3 is 5.32 Å². The fourth-order valence-electron chi connectivity index (χ4n) is 1.07. The van der Waals surface area contributed by atoms with E-state index in [1.807, 2.05) is 16.9 Å². The topological polar surface area (TPSA) is 29.9 Å². The molecule has 0 amide bonds. The van der Waals surface area contributed by atoms with Crippen LogP contribution in [0.15, 0.2) is 18.5 Å². The highest BCUT2D eigenvalue weighted by Crippen LogP contribution is 1.84. The second-order valence-electron chi connectivity index (χ2n) is 2.83. The summed E-state index contributed by atoms with van der Waals surface area (Å²) in [5.41, 5.74) is 0. The Hall–Kier alpha value is -1.27. The second kappa shape index (κ2) is 6.27. The molecule has 3 heteroatoms. The summed E-state index contributed by atoms with van der Waals surface area (Å²) < 4.78 is 1.91. The number of hydrogen-bond donors (Lipinski definition) is 1.